The van der Waals surface area contributed by atoms with Crippen LogP contribution in [0.15, 0.2) is 17.5 Å². The highest BCUT2D eigenvalue weighted by atomic mass is 32.2. The van der Waals surface area contributed by atoms with Crippen LogP contribution in [0.2, 0.25) is 0 Å². The van der Waals surface area contributed by atoms with E-state index in [1.807, 2.05) is 29.5 Å². The summed E-state index contributed by atoms with van der Waals surface area (Å²) in [5, 5.41) is 11.7. The molecule has 1 aromatic heterocycles. The van der Waals surface area contributed by atoms with Crippen LogP contribution in [0.3, 0.4) is 0 Å². The lowest BCUT2D eigenvalue weighted by Crippen LogP contribution is -2.39. The number of thiophene rings is 1. The number of nitrogens with zero attached hydrogens (tertiary/aromatic N) is 1. The zero-order valence-corrected chi connectivity index (χ0v) is 10.7. The van der Waals surface area contributed by atoms with Crippen molar-refractivity contribution in [1.29, 1.82) is 0 Å². The number of hydrogen-bond donors (Lipinski definition) is 1. The van der Waals surface area contributed by atoms with Gasteiger partial charge in [-0.1, -0.05) is 6.07 Å². The molecular weight excluding hydrogens is 246 g/mol. The van der Waals surface area contributed by atoms with E-state index in [1.165, 1.54) is 4.88 Å². The highest BCUT2D eigenvalue weighted by Crippen LogP contribution is 2.20. The molecule has 4 nitrogen and oxygen atoms in total. The molecule has 0 bridgehead atoms. The van der Waals surface area contributed by atoms with Crippen molar-refractivity contribution in [3.05, 3.63) is 22.4 Å². The number of hydrogen-bond acceptors (Lipinski definition) is 5. The average molecular weight is 261 g/mol. The first-order valence-corrected chi connectivity index (χ1v) is 7.79. The van der Waals surface area contributed by atoms with Crippen LogP contribution in [0.1, 0.15) is 4.88 Å². The molecule has 1 N–H and O–H groups in total. The van der Waals surface area contributed by atoms with Gasteiger partial charge in [0.2, 0.25) is 0 Å². The molecule has 6 heteroatoms. The third kappa shape index (κ3) is 2.63. The van der Waals surface area contributed by atoms with Crippen LogP contribution in [0, 0.1) is 0 Å². The van der Waals surface area contributed by atoms with Gasteiger partial charge in [0.05, 0.1) is 23.7 Å². The maximum absolute atomic E-state index is 11.4. The van der Waals surface area contributed by atoms with Crippen molar-refractivity contribution in [3.63, 3.8) is 0 Å². The highest BCUT2D eigenvalue weighted by Gasteiger charge is 2.38. The van der Waals surface area contributed by atoms with E-state index in [4.69, 9.17) is 0 Å². The molecule has 0 radical (unpaired) electrons. The fourth-order valence-electron chi connectivity index (χ4n) is 2.00. The summed E-state index contributed by atoms with van der Waals surface area (Å²) in [5.41, 5.74) is 0. The zero-order chi connectivity index (χ0) is 11.8. The molecular formula is C10H15NO3S2. The Morgan fingerprint density at radius 2 is 2.31 bits per heavy atom. The molecule has 1 aliphatic rings. The van der Waals surface area contributed by atoms with Gasteiger partial charge in [-0.25, -0.2) is 8.42 Å². The fourth-order valence-corrected chi connectivity index (χ4v) is 4.64. The highest BCUT2D eigenvalue weighted by molar-refractivity contribution is 7.91. The van der Waals surface area contributed by atoms with E-state index in [0.29, 0.717) is 6.54 Å². The third-order valence-corrected chi connectivity index (χ3v) is 5.40. The summed E-state index contributed by atoms with van der Waals surface area (Å²) >= 11 is 1.64. The maximum atomic E-state index is 11.4. The van der Waals surface area contributed by atoms with Gasteiger partial charge in [-0.05, 0) is 18.5 Å². The Labute approximate surface area is 99.4 Å². The third-order valence-electron chi connectivity index (χ3n) is 2.85. The van der Waals surface area contributed by atoms with Crippen LogP contribution in [-0.4, -0.2) is 49.1 Å². The Balaban J connectivity index is 2.03. The minimum absolute atomic E-state index is 0.0655. The molecule has 0 saturated carbocycles. The van der Waals surface area contributed by atoms with Crippen molar-refractivity contribution >= 4 is 21.2 Å². The second-order valence-electron chi connectivity index (χ2n) is 4.21. The summed E-state index contributed by atoms with van der Waals surface area (Å²) in [5.74, 6) is -0.0392. The average Bonchev–Trinajstić information content (AvgIpc) is 2.73. The Bertz CT molecular complexity index is 441. The topological polar surface area (TPSA) is 57.6 Å². The first kappa shape index (κ1) is 12.0. The Morgan fingerprint density at radius 1 is 1.56 bits per heavy atom. The van der Waals surface area contributed by atoms with Gasteiger partial charge in [-0.3, -0.25) is 4.90 Å². The van der Waals surface area contributed by atoms with Crippen LogP contribution in [0.5, 0.6) is 0 Å². The second kappa shape index (κ2) is 4.44. The molecule has 0 amide bonds. The van der Waals surface area contributed by atoms with Crippen LogP contribution in [-0.2, 0) is 16.4 Å². The van der Waals surface area contributed by atoms with Gasteiger partial charge in [0.15, 0.2) is 9.84 Å². The summed E-state index contributed by atoms with van der Waals surface area (Å²) in [6, 6.07) is 3.71. The number of likely N-dealkylation sites (N-methyl/N-ethyl adjacent to an activating group) is 1. The summed E-state index contributed by atoms with van der Waals surface area (Å²) < 4.78 is 22.7. The van der Waals surface area contributed by atoms with E-state index >= 15 is 0 Å². The monoisotopic (exact) mass is 261 g/mol. The van der Waals surface area contributed by atoms with Crippen LogP contribution in [0.25, 0.3) is 0 Å². The van der Waals surface area contributed by atoms with Crippen LogP contribution >= 0.6 is 11.3 Å². The predicted molar refractivity (Wildman–Crippen MR) is 64.2 cm³/mol. The molecule has 2 atom stereocenters. The quantitative estimate of drug-likeness (QED) is 0.852. The van der Waals surface area contributed by atoms with Gasteiger partial charge < -0.3 is 5.11 Å². The van der Waals surface area contributed by atoms with Gasteiger partial charge in [-0.2, -0.15) is 0 Å². The number of aliphatic hydroxyl groups excluding tert-OH is 1. The standard InChI is InChI=1S/C10H15NO3S2/c1-11(5-8-3-2-4-15-8)9-6-16(13,14)7-10(9)12/h2-4,9-10,12H,5-7H2,1H3. The van der Waals surface area contributed by atoms with Gasteiger partial charge in [0.1, 0.15) is 0 Å². The van der Waals surface area contributed by atoms with E-state index in [2.05, 4.69) is 0 Å². The molecule has 2 heterocycles. The molecule has 1 aliphatic heterocycles. The van der Waals surface area contributed by atoms with Crippen molar-refractivity contribution < 1.29 is 13.5 Å². The molecule has 2 rings (SSSR count). The lowest BCUT2D eigenvalue weighted by molar-refractivity contribution is 0.0963. The lowest BCUT2D eigenvalue weighted by atomic mass is 10.2. The van der Waals surface area contributed by atoms with Crippen LogP contribution < -0.4 is 0 Å². The summed E-state index contributed by atoms with van der Waals surface area (Å²) in [6.45, 7) is 0.689. The Kier molecular flexibility index (Phi) is 3.34. The first-order chi connectivity index (χ1) is 7.48. The lowest BCUT2D eigenvalue weighted by Gasteiger charge is -2.25. The zero-order valence-electron chi connectivity index (χ0n) is 9.04. The normalized spacial score (nSPS) is 28.7. The minimum atomic E-state index is -3.06. The molecule has 0 aliphatic carbocycles. The van der Waals surface area contributed by atoms with E-state index < -0.39 is 15.9 Å². The van der Waals surface area contributed by atoms with Gasteiger partial charge in [-0.15, -0.1) is 11.3 Å². The Morgan fingerprint density at radius 3 is 2.81 bits per heavy atom. The van der Waals surface area contributed by atoms with Gasteiger partial charge in [0, 0.05) is 11.4 Å². The van der Waals surface area contributed by atoms with E-state index in [1.54, 1.807) is 11.3 Å². The number of aliphatic hydroxyl groups is 1. The van der Waals surface area contributed by atoms with E-state index in [9.17, 15) is 13.5 Å². The molecule has 1 aromatic rings. The van der Waals surface area contributed by atoms with E-state index in [-0.39, 0.29) is 17.5 Å². The van der Waals surface area contributed by atoms with Crippen molar-refractivity contribution in [3.8, 4) is 0 Å². The molecule has 90 valence electrons. The molecule has 0 aromatic carbocycles. The second-order valence-corrected chi connectivity index (χ2v) is 7.39. The number of sulfone groups is 1. The largest absolute Gasteiger partial charge is 0.390 e. The smallest absolute Gasteiger partial charge is 0.154 e. The van der Waals surface area contributed by atoms with Crippen molar-refractivity contribution in [2.75, 3.05) is 18.6 Å². The Hall–Kier alpha value is -0.430. The minimum Gasteiger partial charge on any atom is -0.390 e. The summed E-state index contributed by atoms with van der Waals surface area (Å²) in [4.78, 5) is 3.10. The summed E-state index contributed by atoms with van der Waals surface area (Å²) in [6.07, 6.45) is -0.755. The molecule has 16 heavy (non-hydrogen) atoms. The van der Waals surface area contributed by atoms with Crippen molar-refractivity contribution in [1.82, 2.24) is 4.90 Å². The van der Waals surface area contributed by atoms with Gasteiger partial charge >= 0.3 is 0 Å². The predicted octanol–water partition coefficient (Wildman–Crippen LogP) is 0.338. The van der Waals surface area contributed by atoms with Gasteiger partial charge in [0.25, 0.3) is 0 Å². The van der Waals surface area contributed by atoms with Crippen LogP contribution in [0.4, 0.5) is 0 Å². The molecule has 2 unspecified atom stereocenters. The van der Waals surface area contributed by atoms with Crippen molar-refractivity contribution in [2.24, 2.45) is 0 Å². The van der Waals surface area contributed by atoms with E-state index in [0.717, 1.165) is 0 Å². The summed E-state index contributed by atoms with van der Waals surface area (Å²) in [7, 11) is -1.20. The molecule has 0 spiro atoms. The number of rotatable bonds is 3. The fraction of sp³-hybridized carbons (Fsp3) is 0.600. The first-order valence-electron chi connectivity index (χ1n) is 5.09. The van der Waals surface area contributed by atoms with Crippen molar-refractivity contribution in [2.45, 2.75) is 18.7 Å². The molecule has 1 saturated heterocycles. The maximum Gasteiger partial charge on any atom is 0.154 e. The SMILES string of the molecule is CN(Cc1cccs1)C1CS(=O)(=O)CC1O. The molecule has 1 fully saturated rings.